The Kier molecular flexibility index (Phi) is 2.53. The van der Waals surface area contributed by atoms with Gasteiger partial charge in [-0.15, -0.1) is 0 Å². The van der Waals surface area contributed by atoms with E-state index in [9.17, 15) is 0 Å². The van der Waals surface area contributed by atoms with Gasteiger partial charge >= 0.3 is 0 Å². The summed E-state index contributed by atoms with van der Waals surface area (Å²) in [6.45, 7) is 0.430. The van der Waals surface area contributed by atoms with Crippen molar-refractivity contribution >= 4 is 11.0 Å². The summed E-state index contributed by atoms with van der Waals surface area (Å²) < 4.78 is 2.05. The van der Waals surface area contributed by atoms with Crippen LogP contribution in [0.5, 0.6) is 0 Å². The van der Waals surface area contributed by atoms with E-state index < -0.39 is 0 Å². The molecular formula is C13H13N5. The van der Waals surface area contributed by atoms with E-state index in [0.717, 1.165) is 28.1 Å². The van der Waals surface area contributed by atoms with Crippen LogP contribution in [0.15, 0.2) is 36.8 Å². The van der Waals surface area contributed by atoms with Crippen LogP contribution >= 0.6 is 0 Å². The number of rotatable bonds is 2. The molecule has 2 N–H and O–H groups in total. The second-order valence-electron chi connectivity index (χ2n) is 4.10. The number of nitrogens with zero attached hydrogens (tertiary/aromatic N) is 4. The molecule has 0 saturated carbocycles. The molecule has 0 aliphatic rings. The number of aryl methyl sites for hydroxylation is 1. The molecule has 0 bridgehead atoms. The van der Waals surface area contributed by atoms with Gasteiger partial charge in [-0.1, -0.05) is 0 Å². The van der Waals surface area contributed by atoms with E-state index in [4.69, 9.17) is 5.73 Å². The van der Waals surface area contributed by atoms with Gasteiger partial charge in [0.05, 0.1) is 17.4 Å². The van der Waals surface area contributed by atoms with Gasteiger partial charge in [0.1, 0.15) is 11.3 Å². The van der Waals surface area contributed by atoms with Crippen molar-refractivity contribution in [3.63, 3.8) is 0 Å². The molecule has 0 amide bonds. The first-order chi connectivity index (χ1) is 8.79. The molecule has 3 rings (SSSR count). The highest BCUT2D eigenvalue weighted by molar-refractivity contribution is 5.79. The van der Waals surface area contributed by atoms with E-state index in [2.05, 4.69) is 15.0 Å². The van der Waals surface area contributed by atoms with Crippen molar-refractivity contribution in [2.24, 2.45) is 12.8 Å². The largest absolute Gasteiger partial charge is 0.327 e. The first-order valence-electron chi connectivity index (χ1n) is 5.71. The van der Waals surface area contributed by atoms with Crippen LogP contribution in [-0.4, -0.2) is 19.5 Å². The summed E-state index contributed by atoms with van der Waals surface area (Å²) in [6, 6.07) is 5.86. The summed E-state index contributed by atoms with van der Waals surface area (Å²) in [4.78, 5) is 12.9. The number of imidazole rings is 1. The second kappa shape index (κ2) is 4.19. The molecule has 3 heterocycles. The highest BCUT2D eigenvalue weighted by atomic mass is 15.1. The van der Waals surface area contributed by atoms with Gasteiger partial charge in [-0.05, 0) is 18.2 Å². The third-order valence-electron chi connectivity index (χ3n) is 2.97. The van der Waals surface area contributed by atoms with Crippen LogP contribution in [0.2, 0.25) is 0 Å². The zero-order valence-electron chi connectivity index (χ0n) is 10.0. The molecule has 3 aromatic heterocycles. The topological polar surface area (TPSA) is 69.6 Å². The summed E-state index contributed by atoms with van der Waals surface area (Å²) >= 11 is 0. The summed E-state index contributed by atoms with van der Waals surface area (Å²) in [5.74, 6) is 0.898. The third kappa shape index (κ3) is 1.65. The number of nitrogens with two attached hydrogens (primary N) is 1. The van der Waals surface area contributed by atoms with Crippen LogP contribution in [0.3, 0.4) is 0 Å². The second-order valence-corrected chi connectivity index (χ2v) is 4.10. The number of aromatic nitrogens is 4. The Bertz CT molecular complexity index is 701. The van der Waals surface area contributed by atoms with Gasteiger partial charge in [-0.3, -0.25) is 9.97 Å². The summed E-state index contributed by atoms with van der Waals surface area (Å²) in [5, 5.41) is 0. The van der Waals surface area contributed by atoms with E-state index in [1.165, 1.54) is 0 Å². The van der Waals surface area contributed by atoms with Crippen molar-refractivity contribution in [3.8, 4) is 11.4 Å². The van der Waals surface area contributed by atoms with E-state index >= 15 is 0 Å². The zero-order valence-corrected chi connectivity index (χ0v) is 10.0. The van der Waals surface area contributed by atoms with E-state index in [1.807, 2.05) is 29.8 Å². The minimum absolute atomic E-state index is 0.430. The molecular weight excluding hydrogens is 226 g/mol. The fourth-order valence-electron chi connectivity index (χ4n) is 2.04. The SMILES string of the molecule is Cn1c(-c2ccnc(CN)c2)nc2cnccc21. The molecule has 3 aromatic rings. The molecule has 0 radical (unpaired) electrons. The summed E-state index contributed by atoms with van der Waals surface area (Å²) in [5.41, 5.74) is 9.44. The molecule has 0 atom stereocenters. The van der Waals surface area contributed by atoms with Crippen molar-refractivity contribution in [1.82, 2.24) is 19.5 Å². The van der Waals surface area contributed by atoms with Gasteiger partial charge in [0.15, 0.2) is 0 Å². The minimum atomic E-state index is 0.430. The van der Waals surface area contributed by atoms with Crippen LogP contribution in [0.1, 0.15) is 5.69 Å². The fourth-order valence-corrected chi connectivity index (χ4v) is 2.04. The average Bonchev–Trinajstić information content (AvgIpc) is 2.77. The fraction of sp³-hybridized carbons (Fsp3) is 0.154. The van der Waals surface area contributed by atoms with Gasteiger partial charge < -0.3 is 10.3 Å². The maximum Gasteiger partial charge on any atom is 0.141 e. The Balaban J connectivity index is 2.21. The number of hydrogen-bond donors (Lipinski definition) is 1. The molecule has 18 heavy (non-hydrogen) atoms. The molecule has 0 aromatic carbocycles. The summed E-state index contributed by atoms with van der Waals surface area (Å²) in [6.07, 6.45) is 5.30. The van der Waals surface area contributed by atoms with Crippen molar-refractivity contribution < 1.29 is 0 Å². The Morgan fingerprint density at radius 2 is 2.17 bits per heavy atom. The molecule has 0 aliphatic heterocycles. The number of hydrogen-bond acceptors (Lipinski definition) is 4. The van der Waals surface area contributed by atoms with Gasteiger partial charge in [-0.25, -0.2) is 4.98 Å². The number of fused-ring (bicyclic) bond motifs is 1. The lowest BCUT2D eigenvalue weighted by molar-refractivity contribution is 0.949. The predicted molar refractivity (Wildman–Crippen MR) is 69.6 cm³/mol. The van der Waals surface area contributed by atoms with Crippen LogP contribution in [0.25, 0.3) is 22.4 Å². The lowest BCUT2D eigenvalue weighted by atomic mass is 10.2. The Labute approximate surface area is 104 Å². The van der Waals surface area contributed by atoms with Crippen molar-refractivity contribution in [3.05, 3.63) is 42.5 Å². The normalized spacial score (nSPS) is 11.0. The highest BCUT2D eigenvalue weighted by Crippen LogP contribution is 2.22. The minimum Gasteiger partial charge on any atom is -0.327 e. The van der Waals surface area contributed by atoms with Gasteiger partial charge in [0.25, 0.3) is 0 Å². The number of pyridine rings is 2. The van der Waals surface area contributed by atoms with E-state index in [1.54, 1.807) is 18.6 Å². The van der Waals surface area contributed by atoms with Crippen LogP contribution in [0, 0.1) is 0 Å². The van der Waals surface area contributed by atoms with Gasteiger partial charge in [0, 0.05) is 31.5 Å². The van der Waals surface area contributed by atoms with Gasteiger partial charge in [0.2, 0.25) is 0 Å². The van der Waals surface area contributed by atoms with Crippen molar-refractivity contribution in [2.45, 2.75) is 6.54 Å². The molecule has 0 aliphatic carbocycles. The molecule has 0 spiro atoms. The van der Waals surface area contributed by atoms with Crippen LogP contribution < -0.4 is 5.73 Å². The molecule has 5 nitrogen and oxygen atoms in total. The Morgan fingerprint density at radius 1 is 1.28 bits per heavy atom. The maximum atomic E-state index is 5.61. The summed E-state index contributed by atoms with van der Waals surface area (Å²) in [7, 11) is 1.99. The first kappa shape index (κ1) is 10.9. The van der Waals surface area contributed by atoms with Crippen molar-refractivity contribution in [2.75, 3.05) is 0 Å². The molecule has 5 heteroatoms. The van der Waals surface area contributed by atoms with E-state index in [-0.39, 0.29) is 0 Å². The molecule has 0 unspecified atom stereocenters. The standard InChI is InChI=1S/C13H13N5/c1-18-12-3-4-15-8-11(12)17-13(18)9-2-5-16-10(6-9)7-14/h2-6,8H,7,14H2,1H3. The smallest absolute Gasteiger partial charge is 0.141 e. The third-order valence-corrected chi connectivity index (χ3v) is 2.97. The van der Waals surface area contributed by atoms with Crippen LogP contribution in [-0.2, 0) is 13.6 Å². The lowest BCUT2D eigenvalue weighted by Gasteiger charge is -2.03. The predicted octanol–water partition coefficient (Wildman–Crippen LogP) is 1.49. The van der Waals surface area contributed by atoms with E-state index in [0.29, 0.717) is 6.54 Å². The first-order valence-corrected chi connectivity index (χ1v) is 5.71. The Hall–Kier alpha value is -2.27. The average molecular weight is 239 g/mol. The molecule has 0 saturated heterocycles. The monoisotopic (exact) mass is 239 g/mol. The lowest BCUT2D eigenvalue weighted by Crippen LogP contribution is -2.00. The highest BCUT2D eigenvalue weighted by Gasteiger charge is 2.09. The van der Waals surface area contributed by atoms with Crippen molar-refractivity contribution in [1.29, 1.82) is 0 Å². The quantitative estimate of drug-likeness (QED) is 0.735. The van der Waals surface area contributed by atoms with Gasteiger partial charge in [-0.2, -0.15) is 0 Å². The maximum absolute atomic E-state index is 5.61. The zero-order chi connectivity index (χ0) is 12.5. The molecule has 90 valence electrons. The molecule has 0 fully saturated rings. The Morgan fingerprint density at radius 3 is 2.94 bits per heavy atom. The van der Waals surface area contributed by atoms with Crippen LogP contribution in [0.4, 0.5) is 0 Å².